The second kappa shape index (κ2) is 8.08. The Morgan fingerprint density at radius 1 is 0.833 bits per heavy atom. The summed E-state index contributed by atoms with van der Waals surface area (Å²) in [4.78, 5) is 8.92. The van der Waals surface area contributed by atoms with Crippen molar-refractivity contribution in [3.05, 3.63) is 84.2 Å². The monoisotopic (exact) mass is 422 g/mol. The van der Waals surface area contributed by atoms with Crippen LogP contribution in [0.15, 0.2) is 77.7 Å². The third kappa shape index (κ3) is 4.23. The molecule has 0 bridgehead atoms. The van der Waals surface area contributed by atoms with Gasteiger partial charge in [-0.3, -0.25) is 4.72 Å². The summed E-state index contributed by atoms with van der Waals surface area (Å²) in [7, 11) is -3.98. The summed E-state index contributed by atoms with van der Waals surface area (Å²) >= 11 is 0. The van der Waals surface area contributed by atoms with Crippen LogP contribution in [0.25, 0.3) is 11.0 Å². The number of para-hydroxylation sites is 2. The van der Waals surface area contributed by atoms with Crippen LogP contribution in [0.4, 0.5) is 21.7 Å². The summed E-state index contributed by atoms with van der Waals surface area (Å²) in [5.41, 5.74) is 3.09. The number of hydrogen-bond donors (Lipinski definition) is 2. The second-order valence-corrected chi connectivity index (χ2v) is 8.33. The molecule has 4 aromatic rings. The van der Waals surface area contributed by atoms with Gasteiger partial charge in [-0.25, -0.2) is 22.8 Å². The van der Waals surface area contributed by atoms with Crippen molar-refractivity contribution in [3.8, 4) is 0 Å². The first kappa shape index (κ1) is 19.8. The van der Waals surface area contributed by atoms with Crippen molar-refractivity contribution in [1.82, 2.24) is 9.97 Å². The number of rotatable bonds is 6. The summed E-state index contributed by atoms with van der Waals surface area (Å²) < 4.78 is 41.3. The molecule has 0 saturated heterocycles. The third-order valence-corrected chi connectivity index (χ3v) is 5.91. The Morgan fingerprint density at radius 3 is 2.03 bits per heavy atom. The standard InChI is InChI=1S/C22H19FN4O2S/c1-2-15-7-11-17(12-8-15)24-21-22(26-20-6-4-3-5-19(20)25-21)27-30(28,29)18-13-9-16(23)10-14-18/h3-14H,2H2,1H3,(H,24,25)(H,26,27). The van der Waals surface area contributed by atoms with Gasteiger partial charge in [0.2, 0.25) is 0 Å². The van der Waals surface area contributed by atoms with Crippen molar-refractivity contribution >= 4 is 38.4 Å². The maximum atomic E-state index is 13.2. The molecule has 3 aromatic carbocycles. The molecule has 4 rings (SSSR count). The minimum atomic E-state index is -3.98. The molecule has 0 spiro atoms. The smallest absolute Gasteiger partial charge is 0.263 e. The summed E-state index contributed by atoms with van der Waals surface area (Å²) in [6, 6.07) is 19.5. The predicted octanol–water partition coefficient (Wildman–Crippen LogP) is 4.88. The van der Waals surface area contributed by atoms with Crippen LogP contribution in [0, 0.1) is 5.82 Å². The highest BCUT2D eigenvalue weighted by atomic mass is 32.2. The third-order valence-electron chi connectivity index (χ3n) is 4.55. The Hall–Kier alpha value is -3.52. The lowest BCUT2D eigenvalue weighted by Crippen LogP contribution is -2.16. The normalized spacial score (nSPS) is 11.4. The van der Waals surface area contributed by atoms with Crippen molar-refractivity contribution in [1.29, 1.82) is 0 Å². The van der Waals surface area contributed by atoms with Crippen LogP contribution in [0.5, 0.6) is 0 Å². The molecule has 1 aromatic heterocycles. The summed E-state index contributed by atoms with van der Waals surface area (Å²) in [6.07, 6.45) is 0.915. The van der Waals surface area contributed by atoms with Crippen LogP contribution in [0.3, 0.4) is 0 Å². The van der Waals surface area contributed by atoms with Crippen LogP contribution in [0.1, 0.15) is 12.5 Å². The molecule has 30 heavy (non-hydrogen) atoms. The maximum absolute atomic E-state index is 13.2. The average Bonchev–Trinajstić information content (AvgIpc) is 2.75. The van der Waals surface area contributed by atoms with E-state index in [9.17, 15) is 12.8 Å². The maximum Gasteiger partial charge on any atom is 0.263 e. The zero-order valence-electron chi connectivity index (χ0n) is 16.1. The Morgan fingerprint density at radius 2 is 1.43 bits per heavy atom. The summed E-state index contributed by atoms with van der Waals surface area (Å²) in [5.74, 6) is -0.196. The van der Waals surface area contributed by atoms with Crippen molar-refractivity contribution in [2.45, 2.75) is 18.2 Å². The van der Waals surface area contributed by atoms with Gasteiger partial charge in [-0.1, -0.05) is 31.2 Å². The quantitative estimate of drug-likeness (QED) is 0.463. The van der Waals surface area contributed by atoms with Crippen LogP contribution < -0.4 is 10.0 Å². The zero-order chi connectivity index (χ0) is 21.1. The molecule has 0 fully saturated rings. The Bertz CT molecular complexity index is 1290. The van der Waals surface area contributed by atoms with E-state index in [1.165, 1.54) is 17.7 Å². The van der Waals surface area contributed by atoms with Crippen LogP contribution in [-0.4, -0.2) is 18.4 Å². The predicted molar refractivity (Wildman–Crippen MR) is 116 cm³/mol. The second-order valence-electron chi connectivity index (χ2n) is 6.64. The minimum Gasteiger partial charge on any atom is -0.337 e. The zero-order valence-corrected chi connectivity index (χ0v) is 16.9. The summed E-state index contributed by atoms with van der Waals surface area (Å²) in [5, 5.41) is 3.14. The van der Waals surface area contributed by atoms with E-state index in [0.717, 1.165) is 24.2 Å². The van der Waals surface area contributed by atoms with Crippen LogP contribution in [-0.2, 0) is 16.4 Å². The van der Waals surface area contributed by atoms with Gasteiger partial charge in [0.1, 0.15) is 5.82 Å². The van der Waals surface area contributed by atoms with Crippen molar-refractivity contribution in [3.63, 3.8) is 0 Å². The fourth-order valence-corrected chi connectivity index (χ4v) is 3.93. The van der Waals surface area contributed by atoms with E-state index in [1.807, 2.05) is 30.3 Å². The number of aromatic nitrogens is 2. The molecule has 0 aliphatic heterocycles. The number of fused-ring (bicyclic) bond motifs is 1. The van der Waals surface area contributed by atoms with Gasteiger partial charge in [0.15, 0.2) is 11.6 Å². The Labute approximate surface area is 173 Å². The van der Waals surface area contributed by atoms with E-state index in [4.69, 9.17) is 0 Å². The number of anilines is 3. The molecule has 0 aliphatic carbocycles. The van der Waals surface area contributed by atoms with Gasteiger partial charge in [0, 0.05) is 5.69 Å². The molecule has 8 heteroatoms. The van der Waals surface area contributed by atoms with Gasteiger partial charge in [-0.05, 0) is 60.5 Å². The Kier molecular flexibility index (Phi) is 5.33. The molecule has 0 amide bonds. The van der Waals surface area contributed by atoms with E-state index in [1.54, 1.807) is 18.2 Å². The average molecular weight is 422 g/mol. The number of aryl methyl sites for hydroxylation is 1. The lowest BCUT2D eigenvalue weighted by atomic mass is 10.1. The number of halogens is 1. The van der Waals surface area contributed by atoms with E-state index in [0.29, 0.717) is 11.0 Å². The van der Waals surface area contributed by atoms with E-state index >= 15 is 0 Å². The van der Waals surface area contributed by atoms with Crippen molar-refractivity contribution in [2.75, 3.05) is 10.0 Å². The first-order valence-corrected chi connectivity index (χ1v) is 10.8. The van der Waals surface area contributed by atoms with Gasteiger partial charge in [0.05, 0.1) is 15.9 Å². The molecule has 0 saturated carbocycles. The van der Waals surface area contributed by atoms with E-state index < -0.39 is 15.8 Å². The number of sulfonamides is 1. The van der Waals surface area contributed by atoms with E-state index in [-0.39, 0.29) is 16.5 Å². The highest BCUT2D eigenvalue weighted by molar-refractivity contribution is 7.92. The minimum absolute atomic E-state index is 0.0533. The van der Waals surface area contributed by atoms with Gasteiger partial charge in [-0.15, -0.1) is 0 Å². The largest absolute Gasteiger partial charge is 0.337 e. The van der Waals surface area contributed by atoms with Gasteiger partial charge < -0.3 is 5.32 Å². The molecule has 0 radical (unpaired) electrons. The highest BCUT2D eigenvalue weighted by Crippen LogP contribution is 2.27. The van der Waals surface area contributed by atoms with Gasteiger partial charge in [-0.2, -0.15) is 0 Å². The molecule has 0 atom stereocenters. The first-order chi connectivity index (χ1) is 14.4. The molecule has 0 aliphatic rings. The number of hydrogen-bond acceptors (Lipinski definition) is 5. The van der Waals surface area contributed by atoms with Crippen LogP contribution >= 0.6 is 0 Å². The molecule has 6 nitrogen and oxygen atoms in total. The number of nitrogens with zero attached hydrogens (tertiary/aromatic N) is 2. The molecule has 1 heterocycles. The SMILES string of the molecule is CCc1ccc(Nc2nc3ccccc3nc2NS(=O)(=O)c2ccc(F)cc2)cc1. The van der Waals surface area contributed by atoms with Crippen molar-refractivity contribution in [2.24, 2.45) is 0 Å². The Balaban J connectivity index is 1.74. The molecule has 152 valence electrons. The van der Waals surface area contributed by atoms with E-state index in [2.05, 4.69) is 26.9 Å². The molecule has 2 N–H and O–H groups in total. The first-order valence-electron chi connectivity index (χ1n) is 9.36. The highest BCUT2D eigenvalue weighted by Gasteiger charge is 2.19. The topological polar surface area (TPSA) is 84.0 Å². The number of nitrogens with one attached hydrogen (secondary N) is 2. The summed E-state index contributed by atoms with van der Waals surface area (Å²) in [6.45, 7) is 2.07. The number of benzene rings is 3. The lowest BCUT2D eigenvalue weighted by molar-refractivity contribution is 0.599. The fraction of sp³-hybridized carbons (Fsp3) is 0.0909. The van der Waals surface area contributed by atoms with Crippen LogP contribution in [0.2, 0.25) is 0 Å². The van der Waals surface area contributed by atoms with Gasteiger partial charge >= 0.3 is 0 Å². The lowest BCUT2D eigenvalue weighted by Gasteiger charge is -2.14. The fourth-order valence-electron chi connectivity index (χ4n) is 2.92. The molecular formula is C22H19FN4O2S. The molecular weight excluding hydrogens is 403 g/mol. The van der Waals surface area contributed by atoms with Crippen molar-refractivity contribution < 1.29 is 12.8 Å². The molecule has 0 unspecified atom stereocenters. The van der Waals surface area contributed by atoms with Gasteiger partial charge in [0.25, 0.3) is 10.0 Å².